The summed E-state index contributed by atoms with van der Waals surface area (Å²) in [6, 6.07) is 4.79. The van der Waals surface area contributed by atoms with E-state index in [1.807, 2.05) is 0 Å². The standard InChI is InChI=1S/C17H14ClF4NO3/c1-3-26-15-12(18)6-9(7-14(15)25-2)16(24)23-10-4-5-13(19)11(8-10)17(20,21)22/h4-8H,3H2,1-2H3,(H,23,24). The summed E-state index contributed by atoms with van der Waals surface area (Å²) in [4.78, 5) is 12.3. The van der Waals surface area contributed by atoms with Gasteiger partial charge in [0.2, 0.25) is 0 Å². The van der Waals surface area contributed by atoms with Crippen molar-refractivity contribution in [1.82, 2.24) is 0 Å². The van der Waals surface area contributed by atoms with Gasteiger partial charge in [0.1, 0.15) is 5.82 Å². The van der Waals surface area contributed by atoms with Gasteiger partial charge in [0, 0.05) is 11.3 Å². The number of carbonyl (C=O) groups excluding carboxylic acids is 1. The van der Waals surface area contributed by atoms with E-state index in [4.69, 9.17) is 21.1 Å². The van der Waals surface area contributed by atoms with Gasteiger partial charge in [0.25, 0.3) is 5.91 Å². The number of halogens is 5. The Morgan fingerprint density at radius 1 is 1.23 bits per heavy atom. The first-order chi connectivity index (χ1) is 12.2. The van der Waals surface area contributed by atoms with Crippen LogP contribution in [0, 0.1) is 5.82 Å². The van der Waals surface area contributed by atoms with Crippen LogP contribution in [0.15, 0.2) is 30.3 Å². The zero-order valence-corrected chi connectivity index (χ0v) is 14.5. The van der Waals surface area contributed by atoms with Crippen LogP contribution in [0.2, 0.25) is 5.02 Å². The normalized spacial score (nSPS) is 11.2. The van der Waals surface area contributed by atoms with Crippen molar-refractivity contribution in [2.24, 2.45) is 0 Å². The van der Waals surface area contributed by atoms with Crippen LogP contribution in [-0.4, -0.2) is 19.6 Å². The summed E-state index contributed by atoms with van der Waals surface area (Å²) in [6.45, 7) is 2.06. The highest BCUT2D eigenvalue weighted by Crippen LogP contribution is 2.37. The molecule has 0 spiro atoms. The minimum atomic E-state index is -4.88. The molecule has 0 aliphatic rings. The zero-order valence-electron chi connectivity index (χ0n) is 13.7. The van der Waals surface area contributed by atoms with Crippen molar-refractivity contribution in [1.29, 1.82) is 0 Å². The van der Waals surface area contributed by atoms with Crippen LogP contribution < -0.4 is 14.8 Å². The fourth-order valence-electron chi connectivity index (χ4n) is 2.16. The van der Waals surface area contributed by atoms with Crippen LogP contribution in [0.4, 0.5) is 23.2 Å². The van der Waals surface area contributed by atoms with Crippen molar-refractivity contribution in [3.05, 3.63) is 52.3 Å². The van der Waals surface area contributed by atoms with Crippen molar-refractivity contribution < 1.29 is 31.8 Å². The number of carbonyl (C=O) groups is 1. The van der Waals surface area contributed by atoms with Gasteiger partial charge in [0.05, 0.1) is 24.3 Å². The van der Waals surface area contributed by atoms with Crippen molar-refractivity contribution in [3.8, 4) is 11.5 Å². The molecule has 1 amide bonds. The molecule has 2 aromatic rings. The number of alkyl halides is 3. The van der Waals surface area contributed by atoms with E-state index in [0.717, 1.165) is 6.07 Å². The summed E-state index contributed by atoms with van der Waals surface area (Å²) >= 11 is 6.06. The molecule has 0 aromatic heterocycles. The van der Waals surface area contributed by atoms with Gasteiger partial charge in [0.15, 0.2) is 11.5 Å². The smallest absolute Gasteiger partial charge is 0.419 e. The topological polar surface area (TPSA) is 47.6 Å². The van der Waals surface area contributed by atoms with Gasteiger partial charge in [-0.05, 0) is 37.3 Å². The SMILES string of the molecule is CCOc1c(Cl)cc(C(=O)Nc2ccc(F)c(C(F)(F)F)c2)cc1OC. The third-order valence-electron chi connectivity index (χ3n) is 3.31. The lowest BCUT2D eigenvalue weighted by molar-refractivity contribution is -0.139. The van der Waals surface area contributed by atoms with E-state index in [9.17, 15) is 22.4 Å². The summed E-state index contributed by atoms with van der Waals surface area (Å²) in [7, 11) is 1.35. The highest BCUT2D eigenvalue weighted by atomic mass is 35.5. The number of amides is 1. The van der Waals surface area contributed by atoms with Crippen LogP contribution in [-0.2, 0) is 6.18 Å². The van der Waals surface area contributed by atoms with Gasteiger partial charge < -0.3 is 14.8 Å². The molecule has 0 atom stereocenters. The second kappa shape index (κ2) is 7.82. The quantitative estimate of drug-likeness (QED) is 0.716. The van der Waals surface area contributed by atoms with E-state index < -0.39 is 23.5 Å². The highest BCUT2D eigenvalue weighted by molar-refractivity contribution is 6.32. The third-order valence-corrected chi connectivity index (χ3v) is 3.59. The van der Waals surface area contributed by atoms with Gasteiger partial charge in [-0.25, -0.2) is 4.39 Å². The predicted molar refractivity (Wildman–Crippen MR) is 88.5 cm³/mol. The Morgan fingerprint density at radius 2 is 1.92 bits per heavy atom. The lowest BCUT2D eigenvalue weighted by Gasteiger charge is -2.14. The molecule has 9 heteroatoms. The average Bonchev–Trinajstić information content (AvgIpc) is 2.57. The molecular weight excluding hydrogens is 378 g/mol. The van der Waals surface area contributed by atoms with E-state index in [2.05, 4.69) is 5.32 Å². The Hall–Kier alpha value is -2.48. The van der Waals surface area contributed by atoms with Crippen molar-refractivity contribution in [2.45, 2.75) is 13.1 Å². The number of rotatable bonds is 5. The molecule has 0 aliphatic carbocycles. The molecular formula is C17H14ClF4NO3. The molecule has 0 saturated heterocycles. The Bertz CT molecular complexity index is 824. The maximum atomic E-state index is 13.3. The first-order valence-electron chi connectivity index (χ1n) is 7.35. The van der Waals surface area contributed by atoms with Crippen molar-refractivity contribution in [2.75, 3.05) is 19.0 Å². The maximum Gasteiger partial charge on any atom is 0.419 e. The van der Waals surface area contributed by atoms with E-state index in [1.165, 1.54) is 19.2 Å². The maximum absolute atomic E-state index is 13.3. The highest BCUT2D eigenvalue weighted by Gasteiger charge is 2.34. The average molecular weight is 392 g/mol. The van der Waals surface area contributed by atoms with Gasteiger partial charge in [-0.2, -0.15) is 13.2 Å². The van der Waals surface area contributed by atoms with Gasteiger partial charge in [-0.1, -0.05) is 11.6 Å². The molecule has 0 radical (unpaired) electrons. The number of methoxy groups -OCH3 is 1. The van der Waals surface area contributed by atoms with E-state index in [1.54, 1.807) is 6.92 Å². The number of anilines is 1. The van der Waals surface area contributed by atoms with Crippen LogP contribution in [0.5, 0.6) is 11.5 Å². The van der Waals surface area contributed by atoms with E-state index in [-0.39, 0.29) is 27.8 Å². The van der Waals surface area contributed by atoms with Crippen LogP contribution in [0.1, 0.15) is 22.8 Å². The molecule has 0 unspecified atom stereocenters. The molecule has 0 fully saturated rings. The number of benzene rings is 2. The first-order valence-corrected chi connectivity index (χ1v) is 7.73. The first kappa shape index (κ1) is 19.8. The Balaban J connectivity index is 2.32. The number of ether oxygens (including phenoxy) is 2. The Kier molecular flexibility index (Phi) is 5.97. The molecule has 1 N–H and O–H groups in total. The Morgan fingerprint density at radius 3 is 2.50 bits per heavy atom. The fourth-order valence-corrected chi connectivity index (χ4v) is 2.42. The summed E-state index contributed by atoms with van der Waals surface area (Å²) < 4.78 is 62.0. The van der Waals surface area contributed by atoms with Crippen LogP contribution in [0.25, 0.3) is 0 Å². The minimum Gasteiger partial charge on any atom is -0.493 e. The van der Waals surface area contributed by atoms with E-state index >= 15 is 0 Å². The van der Waals surface area contributed by atoms with Crippen LogP contribution in [0.3, 0.4) is 0 Å². The Labute approximate surface area is 151 Å². The van der Waals surface area contributed by atoms with Gasteiger partial charge >= 0.3 is 6.18 Å². The second-order valence-electron chi connectivity index (χ2n) is 5.07. The minimum absolute atomic E-state index is 0.0354. The lowest BCUT2D eigenvalue weighted by atomic mass is 10.1. The molecule has 0 heterocycles. The molecule has 4 nitrogen and oxygen atoms in total. The number of nitrogens with one attached hydrogen (secondary N) is 1. The molecule has 2 rings (SSSR count). The second-order valence-corrected chi connectivity index (χ2v) is 5.48. The zero-order chi connectivity index (χ0) is 19.5. The fraction of sp³-hybridized carbons (Fsp3) is 0.235. The monoisotopic (exact) mass is 391 g/mol. The molecule has 2 aromatic carbocycles. The van der Waals surface area contributed by atoms with Gasteiger partial charge in [-0.3, -0.25) is 4.79 Å². The third kappa shape index (κ3) is 4.37. The molecule has 0 aliphatic heterocycles. The summed E-state index contributed by atoms with van der Waals surface area (Å²) in [5.74, 6) is -1.73. The summed E-state index contributed by atoms with van der Waals surface area (Å²) in [5, 5.41) is 2.37. The molecule has 140 valence electrons. The number of hydrogen-bond donors (Lipinski definition) is 1. The van der Waals surface area contributed by atoms with E-state index in [0.29, 0.717) is 18.7 Å². The molecule has 26 heavy (non-hydrogen) atoms. The summed E-state index contributed by atoms with van der Waals surface area (Å²) in [6.07, 6.45) is -4.88. The molecule has 0 bridgehead atoms. The largest absolute Gasteiger partial charge is 0.493 e. The predicted octanol–water partition coefficient (Wildman–Crippen LogP) is 5.16. The summed E-state index contributed by atoms with van der Waals surface area (Å²) in [5.41, 5.74) is -1.65. The van der Waals surface area contributed by atoms with Crippen LogP contribution >= 0.6 is 11.6 Å². The molecule has 0 saturated carbocycles. The van der Waals surface area contributed by atoms with Gasteiger partial charge in [-0.15, -0.1) is 0 Å². The lowest BCUT2D eigenvalue weighted by Crippen LogP contribution is -2.14. The number of hydrogen-bond acceptors (Lipinski definition) is 3. The van der Waals surface area contributed by atoms with Crippen molar-refractivity contribution in [3.63, 3.8) is 0 Å². The van der Waals surface area contributed by atoms with Crippen molar-refractivity contribution >= 4 is 23.2 Å².